The Kier molecular flexibility index (Phi) is 3.19. The monoisotopic (exact) mass is 222 g/mol. The Morgan fingerprint density at radius 2 is 2.25 bits per heavy atom. The van der Waals surface area contributed by atoms with E-state index in [1.165, 1.54) is 6.07 Å². The average molecular weight is 222 g/mol. The zero-order valence-corrected chi connectivity index (χ0v) is 9.08. The topological polar surface area (TPSA) is 46.3 Å². The molecule has 0 aromatic heterocycles. The normalized spacial score (nSPS) is 15.9. The predicted octanol–water partition coefficient (Wildman–Crippen LogP) is 1.41. The zero-order chi connectivity index (χ0) is 11.5. The number of likely N-dealkylation sites (tertiary alicyclic amines) is 1. The second-order valence-corrected chi connectivity index (χ2v) is 4.05. The number of hydrogen-bond donors (Lipinski definition) is 1. The van der Waals surface area contributed by atoms with Crippen molar-refractivity contribution in [1.82, 2.24) is 4.90 Å². The van der Waals surface area contributed by atoms with Gasteiger partial charge in [-0.3, -0.25) is 4.79 Å². The molecule has 1 aliphatic heterocycles. The van der Waals surface area contributed by atoms with Gasteiger partial charge in [-0.2, -0.15) is 0 Å². The Hall–Kier alpha value is -1.42. The minimum Gasteiger partial charge on any atom is -0.338 e. The molecule has 1 aromatic rings. The number of benzene rings is 1. The van der Waals surface area contributed by atoms with E-state index >= 15 is 0 Å². The Balaban J connectivity index is 2.12. The van der Waals surface area contributed by atoms with Crippen LogP contribution in [0, 0.1) is 5.82 Å². The highest BCUT2D eigenvalue weighted by molar-refractivity contribution is 5.78. The molecule has 4 heteroatoms. The van der Waals surface area contributed by atoms with Crippen molar-refractivity contribution in [3.05, 3.63) is 35.1 Å². The molecule has 3 nitrogen and oxygen atoms in total. The number of rotatable bonds is 3. The average Bonchev–Trinajstić information content (AvgIpc) is 2.67. The van der Waals surface area contributed by atoms with Gasteiger partial charge in [0.15, 0.2) is 0 Å². The predicted molar refractivity (Wildman–Crippen MR) is 58.9 cm³/mol. The lowest BCUT2D eigenvalue weighted by Gasteiger charge is -2.16. The molecule has 1 aliphatic rings. The first-order chi connectivity index (χ1) is 7.70. The Morgan fingerprint density at radius 1 is 1.44 bits per heavy atom. The van der Waals surface area contributed by atoms with E-state index in [2.05, 4.69) is 0 Å². The molecule has 0 atom stereocenters. The van der Waals surface area contributed by atoms with Crippen LogP contribution in [-0.2, 0) is 17.9 Å². The van der Waals surface area contributed by atoms with E-state index in [0.717, 1.165) is 18.5 Å². The third-order valence-corrected chi connectivity index (χ3v) is 2.87. The Morgan fingerprint density at radius 3 is 2.88 bits per heavy atom. The maximum absolute atomic E-state index is 13.2. The number of hydrogen-bond acceptors (Lipinski definition) is 2. The van der Waals surface area contributed by atoms with Crippen molar-refractivity contribution in [3.63, 3.8) is 0 Å². The van der Waals surface area contributed by atoms with Crippen LogP contribution in [0.3, 0.4) is 0 Å². The molecule has 1 fully saturated rings. The SMILES string of the molecule is NCc1cc(CN2CCCC2=O)ccc1F. The molecule has 0 unspecified atom stereocenters. The molecule has 0 aliphatic carbocycles. The fourth-order valence-corrected chi connectivity index (χ4v) is 1.97. The van der Waals surface area contributed by atoms with E-state index in [-0.39, 0.29) is 18.3 Å². The molecule has 16 heavy (non-hydrogen) atoms. The van der Waals surface area contributed by atoms with Crippen molar-refractivity contribution < 1.29 is 9.18 Å². The largest absolute Gasteiger partial charge is 0.338 e. The summed E-state index contributed by atoms with van der Waals surface area (Å²) in [5, 5.41) is 0. The van der Waals surface area contributed by atoms with Crippen molar-refractivity contribution in [2.24, 2.45) is 5.73 Å². The zero-order valence-electron chi connectivity index (χ0n) is 9.08. The smallest absolute Gasteiger partial charge is 0.222 e. The number of carbonyl (C=O) groups excluding carboxylic acids is 1. The van der Waals surface area contributed by atoms with Crippen molar-refractivity contribution >= 4 is 5.91 Å². The van der Waals surface area contributed by atoms with Gasteiger partial charge in [-0.05, 0) is 24.1 Å². The first-order valence-electron chi connectivity index (χ1n) is 5.46. The highest BCUT2D eigenvalue weighted by Crippen LogP contribution is 2.16. The molecule has 1 amide bonds. The van der Waals surface area contributed by atoms with Crippen LogP contribution in [0.1, 0.15) is 24.0 Å². The number of amides is 1. The second kappa shape index (κ2) is 4.61. The Labute approximate surface area is 94.0 Å². The molecule has 86 valence electrons. The summed E-state index contributed by atoms with van der Waals surface area (Å²) < 4.78 is 13.2. The van der Waals surface area contributed by atoms with Crippen LogP contribution in [-0.4, -0.2) is 17.4 Å². The van der Waals surface area contributed by atoms with E-state index in [1.807, 2.05) is 0 Å². The summed E-state index contributed by atoms with van der Waals surface area (Å²) in [6, 6.07) is 4.86. The molecule has 2 rings (SSSR count). The third-order valence-electron chi connectivity index (χ3n) is 2.87. The van der Waals surface area contributed by atoms with Gasteiger partial charge in [0, 0.05) is 31.6 Å². The molecule has 1 heterocycles. The van der Waals surface area contributed by atoms with Crippen LogP contribution in [0.25, 0.3) is 0 Å². The van der Waals surface area contributed by atoms with E-state index in [4.69, 9.17) is 5.73 Å². The molecular weight excluding hydrogens is 207 g/mol. The van der Waals surface area contributed by atoms with Gasteiger partial charge in [-0.1, -0.05) is 6.07 Å². The van der Waals surface area contributed by atoms with Gasteiger partial charge in [0.05, 0.1) is 0 Å². The van der Waals surface area contributed by atoms with Gasteiger partial charge in [-0.15, -0.1) is 0 Å². The highest BCUT2D eigenvalue weighted by atomic mass is 19.1. The molecule has 2 N–H and O–H groups in total. The van der Waals surface area contributed by atoms with Gasteiger partial charge >= 0.3 is 0 Å². The molecule has 0 saturated carbocycles. The molecule has 1 saturated heterocycles. The van der Waals surface area contributed by atoms with Gasteiger partial charge in [0.2, 0.25) is 5.91 Å². The summed E-state index contributed by atoms with van der Waals surface area (Å²) >= 11 is 0. The first kappa shape index (κ1) is 11.1. The molecular formula is C12H15FN2O. The van der Waals surface area contributed by atoms with Gasteiger partial charge < -0.3 is 10.6 Å². The number of halogens is 1. The Bertz CT molecular complexity index is 406. The molecule has 0 spiro atoms. The van der Waals surface area contributed by atoms with Crippen LogP contribution >= 0.6 is 0 Å². The fraction of sp³-hybridized carbons (Fsp3) is 0.417. The lowest BCUT2D eigenvalue weighted by atomic mass is 10.1. The lowest BCUT2D eigenvalue weighted by molar-refractivity contribution is -0.128. The van der Waals surface area contributed by atoms with E-state index in [9.17, 15) is 9.18 Å². The molecule has 0 bridgehead atoms. The van der Waals surface area contributed by atoms with E-state index < -0.39 is 0 Å². The highest BCUT2D eigenvalue weighted by Gasteiger charge is 2.20. The quantitative estimate of drug-likeness (QED) is 0.840. The minimum atomic E-state index is -0.279. The van der Waals surface area contributed by atoms with Crippen molar-refractivity contribution in [3.8, 4) is 0 Å². The lowest BCUT2D eigenvalue weighted by Crippen LogP contribution is -2.23. The van der Waals surface area contributed by atoms with Crippen LogP contribution in [0.5, 0.6) is 0 Å². The summed E-state index contributed by atoms with van der Waals surface area (Å²) in [4.78, 5) is 13.2. The van der Waals surface area contributed by atoms with Gasteiger partial charge in [0.25, 0.3) is 0 Å². The molecule has 0 radical (unpaired) electrons. The third kappa shape index (κ3) is 2.22. The van der Waals surface area contributed by atoms with Gasteiger partial charge in [0.1, 0.15) is 5.82 Å². The summed E-state index contributed by atoms with van der Waals surface area (Å²) in [5.41, 5.74) is 6.88. The van der Waals surface area contributed by atoms with Crippen LogP contribution in [0.4, 0.5) is 4.39 Å². The first-order valence-corrected chi connectivity index (χ1v) is 5.46. The van der Waals surface area contributed by atoms with Crippen LogP contribution in [0.2, 0.25) is 0 Å². The fourth-order valence-electron chi connectivity index (χ4n) is 1.97. The van der Waals surface area contributed by atoms with Gasteiger partial charge in [-0.25, -0.2) is 4.39 Å². The van der Waals surface area contributed by atoms with Crippen molar-refractivity contribution in [2.45, 2.75) is 25.9 Å². The standard InChI is InChI=1S/C12H15FN2O/c13-11-4-3-9(6-10(11)7-14)8-15-5-1-2-12(15)16/h3-4,6H,1-2,5,7-8,14H2. The maximum Gasteiger partial charge on any atom is 0.222 e. The number of carbonyl (C=O) groups is 1. The number of nitrogens with zero attached hydrogens (tertiary/aromatic N) is 1. The summed E-state index contributed by atoms with van der Waals surface area (Å²) in [7, 11) is 0. The van der Waals surface area contributed by atoms with E-state index in [0.29, 0.717) is 18.5 Å². The summed E-state index contributed by atoms with van der Waals surface area (Å²) in [5.74, 6) is -0.0994. The van der Waals surface area contributed by atoms with Crippen molar-refractivity contribution in [1.29, 1.82) is 0 Å². The number of nitrogens with two attached hydrogens (primary N) is 1. The van der Waals surface area contributed by atoms with E-state index in [1.54, 1.807) is 17.0 Å². The van der Waals surface area contributed by atoms with Crippen LogP contribution in [0.15, 0.2) is 18.2 Å². The second-order valence-electron chi connectivity index (χ2n) is 4.05. The minimum absolute atomic E-state index is 0.179. The van der Waals surface area contributed by atoms with Crippen molar-refractivity contribution in [2.75, 3.05) is 6.54 Å². The maximum atomic E-state index is 13.2. The summed E-state index contributed by atoms with van der Waals surface area (Å²) in [6.45, 7) is 1.55. The van der Waals surface area contributed by atoms with Crippen LogP contribution < -0.4 is 5.73 Å². The summed E-state index contributed by atoms with van der Waals surface area (Å²) in [6.07, 6.45) is 1.55. The molecule has 1 aromatic carbocycles.